The zero-order chi connectivity index (χ0) is 12.2. The molecule has 0 bridgehead atoms. The van der Waals surface area contributed by atoms with Gasteiger partial charge in [-0.15, -0.1) is 0 Å². The molecule has 2 heterocycles. The van der Waals surface area contributed by atoms with Crippen LogP contribution in [0.1, 0.15) is 32.1 Å². The summed E-state index contributed by atoms with van der Waals surface area (Å²) in [5, 5.41) is 0. The molecule has 3 nitrogen and oxygen atoms in total. The molecule has 1 aliphatic carbocycles. The van der Waals surface area contributed by atoms with E-state index in [1.165, 1.54) is 58.3 Å². The molecule has 0 aromatic rings. The Labute approximate surface area is 111 Å². The Morgan fingerprint density at radius 3 is 2.61 bits per heavy atom. The number of hydrogen-bond donors (Lipinski definition) is 0. The van der Waals surface area contributed by atoms with Gasteiger partial charge in [0.15, 0.2) is 0 Å². The third kappa shape index (κ3) is 3.14. The number of piperazine rings is 1. The molecule has 2 aliphatic heterocycles. The minimum absolute atomic E-state index is 0.520. The summed E-state index contributed by atoms with van der Waals surface area (Å²) in [6.45, 7) is 7.07. The lowest BCUT2D eigenvalue weighted by Crippen LogP contribution is -2.51. The second-order valence-electron chi connectivity index (χ2n) is 5.90. The van der Waals surface area contributed by atoms with Gasteiger partial charge < -0.3 is 4.74 Å². The molecule has 2 fully saturated rings. The summed E-state index contributed by atoms with van der Waals surface area (Å²) in [4.78, 5) is 5.26. The third-order valence-electron chi connectivity index (χ3n) is 4.59. The van der Waals surface area contributed by atoms with Gasteiger partial charge in [-0.1, -0.05) is 12.2 Å². The van der Waals surface area contributed by atoms with Crippen molar-refractivity contribution >= 4 is 0 Å². The molecule has 3 aliphatic rings. The van der Waals surface area contributed by atoms with Gasteiger partial charge in [-0.2, -0.15) is 0 Å². The standard InChI is InChI=1S/C15H26N2O/c1-2-5-14(6-3-1)17-10-8-16(9-11-17)13-15-7-4-12-18-15/h2,5,14-15H,1,3-4,6-13H2/t14-,15+/m1/s1. The van der Waals surface area contributed by atoms with Gasteiger partial charge in [0.1, 0.15) is 0 Å². The van der Waals surface area contributed by atoms with Gasteiger partial charge >= 0.3 is 0 Å². The third-order valence-corrected chi connectivity index (χ3v) is 4.59. The summed E-state index contributed by atoms with van der Waals surface area (Å²) in [5.74, 6) is 0. The largest absolute Gasteiger partial charge is 0.377 e. The maximum Gasteiger partial charge on any atom is 0.0702 e. The maximum absolute atomic E-state index is 5.73. The fourth-order valence-corrected chi connectivity index (χ4v) is 3.45. The van der Waals surface area contributed by atoms with Crippen LogP contribution in [0.2, 0.25) is 0 Å². The quantitative estimate of drug-likeness (QED) is 0.712. The van der Waals surface area contributed by atoms with Crippen molar-refractivity contribution in [1.82, 2.24) is 9.80 Å². The van der Waals surface area contributed by atoms with Crippen molar-refractivity contribution in [3.8, 4) is 0 Å². The summed E-state index contributed by atoms with van der Waals surface area (Å²) in [6, 6.07) is 0.726. The second-order valence-corrected chi connectivity index (χ2v) is 5.90. The summed E-state index contributed by atoms with van der Waals surface area (Å²) in [6.07, 6.45) is 11.9. The van der Waals surface area contributed by atoms with Gasteiger partial charge in [0, 0.05) is 45.4 Å². The van der Waals surface area contributed by atoms with Gasteiger partial charge in [-0.05, 0) is 32.1 Å². The van der Waals surface area contributed by atoms with Gasteiger partial charge in [0.25, 0.3) is 0 Å². The molecular formula is C15H26N2O. The monoisotopic (exact) mass is 250 g/mol. The molecule has 0 aromatic heterocycles. The van der Waals surface area contributed by atoms with Gasteiger partial charge in [0.05, 0.1) is 6.10 Å². The summed E-state index contributed by atoms with van der Waals surface area (Å²) < 4.78 is 5.73. The van der Waals surface area contributed by atoms with Crippen molar-refractivity contribution < 1.29 is 4.74 Å². The van der Waals surface area contributed by atoms with Crippen molar-refractivity contribution in [2.45, 2.75) is 44.2 Å². The van der Waals surface area contributed by atoms with Crippen LogP contribution in [0.15, 0.2) is 12.2 Å². The highest BCUT2D eigenvalue weighted by molar-refractivity contribution is 4.99. The minimum atomic E-state index is 0.520. The number of rotatable bonds is 3. The zero-order valence-corrected chi connectivity index (χ0v) is 11.4. The molecular weight excluding hydrogens is 224 g/mol. The average Bonchev–Trinajstić information content (AvgIpc) is 2.94. The molecule has 2 saturated heterocycles. The van der Waals surface area contributed by atoms with Crippen LogP contribution >= 0.6 is 0 Å². The van der Waals surface area contributed by atoms with Gasteiger partial charge in [-0.3, -0.25) is 9.80 Å². The summed E-state index contributed by atoms with van der Waals surface area (Å²) in [5.41, 5.74) is 0. The first-order chi connectivity index (χ1) is 8.92. The first-order valence-corrected chi connectivity index (χ1v) is 7.66. The topological polar surface area (TPSA) is 15.7 Å². The average molecular weight is 250 g/mol. The Morgan fingerprint density at radius 1 is 1.06 bits per heavy atom. The Hall–Kier alpha value is -0.380. The number of hydrogen-bond acceptors (Lipinski definition) is 3. The van der Waals surface area contributed by atoms with Crippen LogP contribution in [0.3, 0.4) is 0 Å². The van der Waals surface area contributed by atoms with Crippen LogP contribution < -0.4 is 0 Å². The highest BCUT2D eigenvalue weighted by Crippen LogP contribution is 2.19. The first-order valence-electron chi connectivity index (χ1n) is 7.66. The SMILES string of the molecule is C1=C[C@@H](N2CCN(C[C@@H]3CCCO3)CC2)CCC1. The molecule has 0 saturated carbocycles. The molecule has 0 unspecified atom stereocenters. The lowest BCUT2D eigenvalue weighted by atomic mass is 10.0. The van der Waals surface area contributed by atoms with Crippen LogP contribution in [0.25, 0.3) is 0 Å². The maximum atomic E-state index is 5.73. The van der Waals surface area contributed by atoms with Crippen LogP contribution in [0.5, 0.6) is 0 Å². The van der Waals surface area contributed by atoms with Gasteiger partial charge in [0.2, 0.25) is 0 Å². The van der Waals surface area contributed by atoms with E-state index in [0.717, 1.165) is 19.2 Å². The van der Waals surface area contributed by atoms with E-state index in [-0.39, 0.29) is 0 Å². The zero-order valence-electron chi connectivity index (χ0n) is 11.4. The normalized spacial score (nSPS) is 35.1. The Kier molecular flexibility index (Phi) is 4.34. The predicted octanol–water partition coefficient (Wildman–Crippen LogP) is 1.89. The van der Waals surface area contributed by atoms with E-state index in [4.69, 9.17) is 4.74 Å². The molecule has 0 radical (unpaired) electrons. The van der Waals surface area contributed by atoms with Crippen LogP contribution in [-0.2, 0) is 4.74 Å². The molecule has 18 heavy (non-hydrogen) atoms. The number of allylic oxidation sites excluding steroid dienone is 1. The van der Waals surface area contributed by atoms with Crippen LogP contribution in [0, 0.1) is 0 Å². The molecule has 0 aromatic carbocycles. The number of ether oxygens (including phenoxy) is 1. The van der Waals surface area contributed by atoms with Crippen LogP contribution in [0.4, 0.5) is 0 Å². The predicted molar refractivity (Wildman–Crippen MR) is 73.8 cm³/mol. The van der Waals surface area contributed by atoms with Gasteiger partial charge in [-0.25, -0.2) is 0 Å². The Morgan fingerprint density at radius 2 is 1.94 bits per heavy atom. The molecule has 102 valence electrons. The van der Waals surface area contributed by atoms with E-state index < -0.39 is 0 Å². The first kappa shape index (κ1) is 12.6. The highest BCUT2D eigenvalue weighted by Gasteiger charge is 2.25. The van der Waals surface area contributed by atoms with Crippen molar-refractivity contribution in [2.24, 2.45) is 0 Å². The van der Waals surface area contributed by atoms with Crippen LogP contribution in [-0.4, -0.2) is 61.3 Å². The van der Waals surface area contributed by atoms with E-state index in [0.29, 0.717) is 6.10 Å². The molecule has 0 spiro atoms. The van der Waals surface area contributed by atoms with Crippen molar-refractivity contribution in [2.75, 3.05) is 39.3 Å². The molecule has 3 rings (SSSR count). The lowest BCUT2D eigenvalue weighted by molar-refractivity contribution is 0.0436. The van der Waals surface area contributed by atoms with Crippen molar-refractivity contribution in [3.63, 3.8) is 0 Å². The molecule has 2 atom stereocenters. The summed E-state index contributed by atoms with van der Waals surface area (Å²) >= 11 is 0. The second kappa shape index (κ2) is 6.18. The molecule has 0 amide bonds. The Bertz CT molecular complexity index is 278. The minimum Gasteiger partial charge on any atom is -0.377 e. The van der Waals surface area contributed by atoms with E-state index in [2.05, 4.69) is 22.0 Å². The van der Waals surface area contributed by atoms with E-state index in [1.807, 2.05) is 0 Å². The molecule has 0 N–H and O–H groups in total. The molecule has 3 heteroatoms. The summed E-state index contributed by atoms with van der Waals surface area (Å²) in [7, 11) is 0. The fraction of sp³-hybridized carbons (Fsp3) is 0.867. The van der Waals surface area contributed by atoms with E-state index >= 15 is 0 Å². The lowest BCUT2D eigenvalue weighted by Gasteiger charge is -2.39. The number of nitrogens with zero attached hydrogens (tertiary/aromatic N) is 2. The van der Waals surface area contributed by atoms with E-state index in [1.54, 1.807) is 0 Å². The van der Waals surface area contributed by atoms with Crippen molar-refractivity contribution in [3.05, 3.63) is 12.2 Å². The fourth-order valence-electron chi connectivity index (χ4n) is 3.45. The van der Waals surface area contributed by atoms with Crippen molar-refractivity contribution in [1.29, 1.82) is 0 Å². The highest BCUT2D eigenvalue weighted by atomic mass is 16.5. The van der Waals surface area contributed by atoms with E-state index in [9.17, 15) is 0 Å². The smallest absolute Gasteiger partial charge is 0.0702 e. The Balaban J connectivity index is 1.42.